The average molecular weight is 456 g/mol. The van der Waals surface area contributed by atoms with Crippen molar-refractivity contribution in [2.45, 2.75) is 25.5 Å². The van der Waals surface area contributed by atoms with Crippen molar-refractivity contribution in [3.63, 3.8) is 0 Å². The van der Waals surface area contributed by atoms with E-state index in [-0.39, 0.29) is 20.4 Å². The van der Waals surface area contributed by atoms with Gasteiger partial charge in [-0.05, 0) is 36.8 Å². The Labute approximate surface area is 181 Å². The lowest BCUT2D eigenvalue weighted by atomic mass is 10.2. The van der Waals surface area contributed by atoms with Gasteiger partial charge in [0.05, 0.1) is 24.8 Å². The minimum atomic E-state index is -3.89. The predicted octanol–water partition coefficient (Wildman–Crippen LogP) is 3.66. The van der Waals surface area contributed by atoms with E-state index in [1.54, 1.807) is 31.2 Å². The van der Waals surface area contributed by atoms with Gasteiger partial charge >= 0.3 is 0 Å². The van der Waals surface area contributed by atoms with Crippen LogP contribution in [-0.2, 0) is 21.4 Å². The first-order valence-corrected chi connectivity index (χ1v) is 11.1. The monoisotopic (exact) mass is 455 g/mol. The third-order valence-corrected chi connectivity index (χ3v) is 6.39. The zero-order valence-electron chi connectivity index (χ0n) is 16.8. The number of rotatable bonds is 8. The summed E-state index contributed by atoms with van der Waals surface area (Å²) in [7, 11) is -0.854. The highest BCUT2D eigenvalue weighted by Crippen LogP contribution is 2.34. The molecule has 3 rings (SSSR count). The Bertz CT molecular complexity index is 1160. The molecule has 30 heavy (non-hydrogen) atoms. The van der Waals surface area contributed by atoms with Crippen molar-refractivity contribution in [2.75, 3.05) is 19.5 Å². The van der Waals surface area contributed by atoms with Gasteiger partial charge in [0.1, 0.15) is 17.3 Å². The highest BCUT2D eigenvalue weighted by atomic mass is 32.2. The number of carbonyl (C=O) groups is 1. The molecule has 1 aromatic carbocycles. The van der Waals surface area contributed by atoms with Crippen LogP contribution in [0.1, 0.15) is 21.0 Å². The lowest BCUT2D eigenvalue weighted by Crippen LogP contribution is -2.22. The molecule has 164 valence electrons. The van der Waals surface area contributed by atoms with E-state index in [0.29, 0.717) is 38.5 Å². The molecule has 0 saturated carbocycles. The normalized spacial score (nSPS) is 11.3. The van der Waals surface area contributed by atoms with Crippen LogP contribution in [0.25, 0.3) is 10.6 Å². The molecule has 0 aliphatic carbocycles. The summed E-state index contributed by atoms with van der Waals surface area (Å²) in [5.74, 6) is 1.22. The maximum absolute atomic E-state index is 12.7. The van der Waals surface area contributed by atoms with Crippen molar-refractivity contribution in [2.24, 2.45) is 0 Å². The number of hydrogen-bond donors (Lipinski definition) is 2. The number of aryl methyl sites for hydroxylation is 1. The highest BCUT2D eigenvalue weighted by Gasteiger charge is 2.21. The Balaban J connectivity index is 0.00000256. The van der Waals surface area contributed by atoms with Crippen molar-refractivity contribution >= 4 is 32.4 Å². The van der Waals surface area contributed by atoms with Crippen molar-refractivity contribution in [1.82, 2.24) is 9.71 Å². The highest BCUT2D eigenvalue weighted by molar-refractivity contribution is 7.89. The molecule has 0 unspecified atom stereocenters. The molecule has 0 spiro atoms. The summed E-state index contributed by atoms with van der Waals surface area (Å²) in [6.07, 6.45) is 0. The molecule has 0 atom stereocenters. The average Bonchev–Trinajstić information content (AvgIpc) is 3.32. The summed E-state index contributed by atoms with van der Waals surface area (Å²) in [6, 6.07) is 8.05. The smallest absolute Gasteiger partial charge is 0.274 e. The molecule has 0 fully saturated rings. The van der Waals surface area contributed by atoms with Gasteiger partial charge in [-0.1, -0.05) is 11.3 Å². The first kappa shape index (κ1) is 21.8. The number of amides is 1. The number of anilines is 1. The Morgan fingerprint density at radius 2 is 1.87 bits per heavy atom. The lowest BCUT2D eigenvalue weighted by molar-refractivity contribution is -0.114. The van der Waals surface area contributed by atoms with Crippen LogP contribution < -0.4 is 19.5 Å². The second-order valence-electron chi connectivity index (χ2n) is 6.28. The number of hydrogen-bond acceptors (Lipinski definition) is 8. The van der Waals surface area contributed by atoms with Crippen molar-refractivity contribution in [1.29, 1.82) is 0 Å². The van der Waals surface area contributed by atoms with Gasteiger partial charge in [0.15, 0.2) is 5.13 Å². The molecule has 2 N–H and O–H groups in total. The maximum atomic E-state index is 12.7. The number of ether oxygens (including phenoxy) is 2. The third kappa shape index (κ3) is 4.99. The molecule has 0 saturated heterocycles. The molecule has 0 aliphatic rings. The van der Waals surface area contributed by atoms with Gasteiger partial charge in [0, 0.05) is 22.4 Å². The van der Waals surface area contributed by atoms with E-state index < -0.39 is 10.0 Å². The van der Waals surface area contributed by atoms with Crippen LogP contribution >= 0.6 is 11.3 Å². The zero-order chi connectivity index (χ0) is 21.9. The van der Waals surface area contributed by atoms with Gasteiger partial charge in [-0.2, -0.15) is 0 Å². The number of nitrogens with zero attached hydrogens (tertiary/aromatic N) is 1. The fourth-order valence-corrected chi connectivity index (χ4v) is 4.55. The van der Waals surface area contributed by atoms with E-state index in [1.165, 1.54) is 38.5 Å². The number of benzene rings is 1. The quantitative estimate of drug-likeness (QED) is 0.532. The Hall–Kier alpha value is -2.89. The molecule has 1 amide bonds. The zero-order valence-corrected chi connectivity index (χ0v) is 18.4. The molecule has 2 aromatic heterocycles. The molecule has 3 aromatic rings. The molecule has 0 aliphatic heterocycles. The minimum Gasteiger partial charge on any atom is -0.497 e. The number of aromatic nitrogens is 1. The second-order valence-corrected chi connectivity index (χ2v) is 8.98. The third-order valence-electron chi connectivity index (χ3n) is 4.03. The van der Waals surface area contributed by atoms with Gasteiger partial charge in [-0.25, -0.2) is 18.1 Å². The van der Waals surface area contributed by atoms with Gasteiger partial charge in [0.25, 0.3) is 10.0 Å². The molecule has 0 bridgehead atoms. The SMILES string of the molecule is COc1cc(CNS(=O)(=O)c2ccc(-c3sc(NC(C)=O)nc3C)o2)cc(OC)c1.[HH].[HH]. The summed E-state index contributed by atoms with van der Waals surface area (Å²) < 4.78 is 43.8. The Kier molecular flexibility index (Phi) is 6.44. The van der Waals surface area contributed by atoms with Crippen LogP contribution in [0.5, 0.6) is 11.5 Å². The van der Waals surface area contributed by atoms with Gasteiger partial charge in [0.2, 0.25) is 11.0 Å². The molecular formula is C19H25N3O6S2. The summed E-state index contributed by atoms with van der Waals surface area (Å²) in [5.41, 5.74) is 1.29. The molecule has 9 nitrogen and oxygen atoms in total. The van der Waals surface area contributed by atoms with E-state index in [0.717, 1.165) is 0 Å². The molecule has 11 heteroatoms. The summed E-state index contributed by atoms with van der Waals surface area (Å²) >= 11 is 1.20. The van der Waals surface area contributed by atoms with Gasteiger partial charge < -0.3 is 19.2 Å². The van der Waals surface area contributed by atoms with Gasteiger partial charge in [-0.3, -0.25) is 4.79 Å². The Morgan fingerprint density at radius 1 is 1.20 bits per heavy atom. The fourth-order valence-electron chi connectivity index (χ4n) is 2.63. The van der Waals surface area contributed by atoms with Crippen LogP contribution in [0.3, 0.4) is 0 Å². The topological polar surface area (TPSA) is 120 Å². The minimum absolute atomic E-state index is 0. The van der Waals surface area contributed by atoms with Gasteiger partial charge in [-0.15, -0.1) is 0 Å². The van der Waals surface area contributed by atoms with Crippen LogP contribution in [0.15, 0.2) is 39.8 Å². The largest absolute Gasteiger partial charge is 0.497 e. The van der Waals surface area contributed by atoms with Crippen molar-refractivity contribution in [3.8, 4) is 22.1 Å². The summed E-state index contributed by atoms with van der Waals surface area (Å²) in [5, 5.41) is 2.80. The summed E-state index contributed by atoms with van der Waals surface area (Å²) in [6.45, 7) is 3.16. The van der Waals surface area contributed by atoms with E-state index >= 15 is 0 Å². The maximum Gasteiger partial charge on any atom is 0.274 e. The molecule has 2 heterocycles. The number of thiazole rings is 1. The number of furan rings is 1. The standard InChI is InChI=1S/C19H21N3O6S2.2H2/c1-11-18(29-19(21-11)22-12(2)23)16-5-6-17(28-16)30(24,25)20-10-13-7-14(26-3)9-15(8-13)27-4;;/h5-9,20H,10H2,1-4H3,(H,21,22,23);2*1H. The van der Waals surface area contributed by atoms with E-state index in [2.05, 4.69) is 15.0 Å². The number of sulfonamides is 1. The van der Waals surface area contributed by atoms with E-state index in [9.17, 15) is 13.2 Å². The number of nitrogens with one attached hydrogen (secondary N) is 2. The molecular weight excluding hydrogens is 430 g/mol. The van der Waals surface area contributed by atoms with Crippen molar-refractivity contribution < 1.29 is 30.0 Å². The van der Waals surface area contributed by atoms with E-state index in [4.69, 9.17) is 13.9 Å². The lowest BCUT2D eigenvalue weighted by Gasteiger charge is -2.09. The predicted molar refractivity (Wildman–Crippen MR) is 117 cm³/mol. The van der Waals surface area contributed by atoms with Crippen LogP contribution in [0.2, 0.25) is 0 Å². The van der Waals surface area contributed by atoms with Crippen LogP contribution in [0, 0.1) is 6.92 Å². The number of carbonyl (C=O) groups excluding carboxylic acids is 1. The fraction of sp³-hybridized carbons (Fsp3) is 0.263. The first-order valence-electron chi connectivity index (χ1n) is 8.78. The van der Waals surface area contributed by atoms with E-state index in [1.807, 2.05) is 0 Å². The first-order chi connectivity index (χ1) is 14.2. The second kappa shape index (κ2) is 8.86. The summed E-state index contributed by atoms with van der Waals surface area (Å²) in [4.78, 5) is 16.1. The van der Waals surface area contributed by atoms with Crippen LogP contribution in [-0.4, -0.2) is 33.5 Å². The number of methoxy groups -OCH3 is 2. The van der Waals surface area contributed by atoms with Crippen molar-refractivity contribution in [3.05, 3.63) is 41.6 Å². The Morgan fingerprint density at radius 3 is 2.47 bits per heavy atom. The molecule has 0 radical (unpaired) electrons. The van der Waals surface area contributed by atoms with Crippen LogP contribution in [0.4, 0.5) is 5.13 Å².